The lowest BCUT2D eigenvalue weighted by Gasteiger charge is -2.33. The van der Waals surface area contributed by atoms with E-state index in [0.717, 1.165) is 43.5 Å². The van der Waals surface area contributed by atoms with Crippen LogP contribution in [0, 0.1) is 0 Å². The van der Waals surface area contributed by atoms with Crippen LogP contribution < -0.4 is 10.6 Å². The third-order valence-electron chi connectivity index (χ3n) is 5.00. The average molecular weight is 522 g/mol. The number of nitrogens with one attached hydrogen (secondary N) is 2. The fourth-order valence-electron chi connectivity index (χ4n) is 3.33. The fourth-order valence-corrected chi connectivity index (χ4v) is 3.54. The van der Waals surface area contributed by atoms with E-state index in [2.05, 4.69) is 40.3 Å². The number of nitrogens with zero attached hydrogens (tertiary/aromatic N) is 3. The van der Waals surface area contributed by atoms with Crippen LogP contribution in [0.25, 0.3) is 0 Å². The molecule has 1 aliphatic heterocycles. The number of piperazine rings is 1. The molecule has 28 heavy (non-hydrogen) atoms. The van der Waals surface area contributed by atoms with Crippen molar-refractivity contribution in [3.63, 3.8) is 0 Å². The molecule has 0 saturated carbocycles. The first-order valence-electron chi connectivity index (χ1n) is 10.4. The van der Waals surface area contributed by atoms with Crippen LogP contribution in [-0.4, -0.2) is 74.7 Å². The summed E-state index contributed by atoms with van der Waals surface area (Å²) >= 11 is 6.04. The summed E-state index contributed by atoms with van der Waals surface area (Å²) in [6.07, 6.45) is 3.30. The Hall–Kier alpha value is -0.570. The maximum atomic E-state index is 6.04. The van der Waals surface area contributed by atoms with Gasteiger partial charge in [-0.15, -0.1) is 24.0 Å². The molecule has 0 atom stereocenters. The first kappa shape index (κ1) is 25.5. The standard InChI is InChI=1S/C21H36ClN5.HI/c1-3-23-21(25-12-10-19-8-7-9-20(22)18-19)24-11-5-6-13-27-16-14-26(4-2)15-17-27;/h7-9,18H,3-6,10-17H2,1-2H3,(H2,23,24,25);1H. The normalized spacial score (nSPS) is 15.9. The van der Waals surface area contributed by atoms with Crippen LogP contribution >= 0.6 is 35.6 Å². The highest BCUT2D eigenvalue weighted by molar-refractivity contribution is 14.0. The van der Waals surface area contributed by atoms with Gasteiger partial charge >= 0.3 is 0 Å². The van der Waals surface area contributed by atoms with Crippen molar-refractivity contribution in [3.05, 3.63) is 34.9 Å². The van der Waals surface area contributed by atoms with E-state index >= 15 is 0 Å². The second kappa shape index (κ2) is 15.3. The molecule has 1 fully saturated rings. The number of guanidine groups is 1. The first-order valence-corrected chi connectivity index (χ1v) is 10.8. The Balaban J connectivity index is 0.00000392. The Morgan fingerprint density at radius 3 is 2.50 bits per heavy atom. The number of rotatable bonds is 10. The zero-order chi connectivity index (χ0) is 19.3. The molecule has 1 aromatic rings. The highest BCUT2D eigenvalue weighted by Gasteiger charge is 2.14. The van der Waals surface area contributed by atoms with Gasteiger partial charge in [-0.1, -0.05) is 30.7 Å². The van der Waals surface area contributed by atoms with E-state index in [-0.39, 0.29) is 24.0 Å². The zero-order valence-corrected chi connectivity index (χ0v) is 20.5. The lowest BCUT2D eigenvalue weighted by Crippen LogP contribution is -2.46. The molecule has 1 aliphatic rings. The van der Waals surface area contributed by atoms with Gasteiger partial charge in [0.15, 0.2) is 5.96 Å². The molecule has 1 heterocycles. The zero-order valence-electron chi connectivity index (χ0n) is 17.4. The molecule has 2 N–H and O–H groups in total. The van der Waals surface area contributed by atoms with Gasteiger partial charge in [-0.25, -0.2) is 0 Å². The van der Waals surface area contributed by atoms with E-state index in [4.69, 9.17) is 16.6 Å². The second-order valence-corrected chi connectivity index (χ2v) is 7.49. The summed E-state index contributed by atoms with van der Waals surface area (Å²) in [5, 5.41) is 7.54. The highest BCUT2D eigenvalue weighted by atomic mass is 127. The molecule has 0 radical (unpaired) electrons. The summed E-state index contributed by atoms with van der Waals surface area (Å²) in [5.41, 5.74) is 1.24. The quantitative estimate of drug-likeness (QED) is 0.214. The third kappa shape index (κ3) is 10.3. The van der Waals surface area contributed by atoms with Gasteiger partial charge in [0.25, 0.3) is 0 Å². The van der Waals surface area contributed by atoms with Crippen molar-refractivity contribution in [1.82, 2.24) is 20.4 Å². The van der Waals surface area contributed by atoms with E-state index in [9.17, 15) is 0 Å². The molecule has 0 aromatic heterocycles. The third-order valence-corrected chi connectivity index (χ3v) is 5.24. The van der Waals surface area contributed by atoms with Crippen LogP contribution in [0.3, 0.4) is 0 Å². The molecule has 0 spiro atoms. The number of aliphatic imine (C=N–C) groups is 1. The van der Waals surface area contributed by atoms with Crippen LogP contribution in [0.2, 0.25) is 5.02 Å². The lowest BCUT2D eigenvalue weighted by atomic mass is 10.1. The van der Waals surface area contributed by atoms with Gasteiger partial charge in [-0.05, 0) is 57.0 Å². The number of benzene rings is 1. The summed E-state index contributed by atoms with van der Waals surface area (Å²) in [4.78, 5) is 9.83. The monoisotopic (exact) mass is 521 g/mol. The summed E-state index contributed by atoms with van der Waals surface area (Å²) in [7, 11) is 0. The molecule has 0 aliphatic carbocycles. The van der Waals surface area contributed by atoms with Crippen LogP contribution in [0.1, 0.15) is 32.3 Å². The van der Waals surface area contributed by atoms with Gasteiger partial charge in [-0.3, -0.25) is 4.99 Å². The Morgan fingerprint density at radius 2 is 1.82 bits per heavy atom. The summed E-state index contributed by atoms with van der Waals surface area (Å²) in [6, 6.07) is 8.04. The topological polar surface area (TPSA) is 42.9 Å². The van der Waals surface area contributed by atoms with E-state index in [1.165, 1.54) is 51.3 Å². The van der Waals surface area contributed by atoms with Crippen LogP contribution in [0.5, 0.6) is 0 Å². The number of hydrogen-bond acceptors (Lipinski definition) is 3. The maximum absolute atomic E-state index is 6.04. The van der Waals surface area contributed by atoms with E-state index in [0.29, 0.717) is 0 Å². The molecular weight excluding hydrogens is 485 g/mol. The van der Waals surface area contributed by atoms with Crippen molar-refractivity contribution in [1.29, 1.82) is 0 Å². The molecule has 7 heteroatoms. The van der Waals surface area contributed by atoms with E-state index in [1.54, 1.807) is 0 Å². The van der Waals surface area contributed by atoms with Crippen molar-refractivity contribution in [2.75, 3.05) is 58.9 Å². The minimum atomic E-state index is 0. The SMILES string of the molecule is CCNC(=NCCCCN1CCN(CC)CC1)NCCc1cccc(Cl)c1.I. The van der Waals surface area contributed by atoms with Crippen molar-refractivity contribution >= 4 is 41.5 Å². The number of halogens is 2. The molecule has 1 saturated heterocycles. The van der Waals surface area contributed by atoms with Crippen molar-refractivity contribution in [3.8, 4) is 0 Å². The molecule has 2 rings (SSSR count). The van der Waals surface area contributed by atoms with Crippen molar-refractivity contribution in [2.45, 2.75) is 33.1 Å². The number of unbranched alkanes of at least 4 members (excludes halogenated alkanes) is 1. The second-order valence-electron chi connectivity index (χ2n) is 7.05. The van der Waals surface area contributed by atoms with Crippen LogP contribution in [-0.2, 0) is 6.42 Å². The summed E-state index contributed by atoms with van der Waals surface area (Å²) in [6.45, 7) is 14.2. The van der Waals surface area contributed by atoms with Crippen LogP contribution in [0.15, 0.2) is 29.3 Å². The first-order chi connectivity index (χ1) is 13.2. The minimum absolute atomic E-state index is 0. The highest BCUT2D eigenvalue weighted by Crippen LogP contribution is 2.10. The largest absolute Gasteiger partial charge is 0.357 e. The maximum Gasteiger partial charge on any atom is 0.191 e. The Labute approximate surface area is 193 Å². The molecule has 160 valence electrons. The van der Waals surface area contributed by atoms with Gasteiger partial charge in [0.2, 0.25) is 0 Å². The molecule has 0 bridgehead atoms. The molecule has 5 nitrogen and oxygen atoms in total. The number of hydrogen-bond donors (Lipinski definition) is 2. The summed E-state index contributed by atoms with van der Waals surface area (Å²) < 4.78 is 0. The molecule has 0 amide bonds. The fraction of sp³-hybridized carbons (Fsp3) is 0.667. The predicted octanol–water partition coefficient (Wildman–Crippen LogP) is 3.47. The average Bonchev–Trinajstić information content (AvgIpc) is 2.68. The van der Waals surface area contributed by atoms with Crippen LogP contribution in [0.4, 0.5) is 0 Å². The van der Waals surface area contributed by atoms with Gasteiger partial charge in [0, 0.05) is 50.8 Å². The number of likely N-dealkylation sites (N-methyl/N-ethyl adjacent to an activating group) is 1. The smallest absolute Gasteiger partial charge is 0.191 e. The lowest BCUT2D eigenvalue weighted by molar-refractivity contribution is 0.136. The molecule has 0 unspecified atom stereocenters. The summed E-state index contributed by atoms with van der Waals surface area (Å²) in [5.74, 6) is 0.913. The molecular formula is C21H37ClIN5. The van der Waals surface area contributed by atoms with Crippen molar-refractivity contribution < 1.29 is 0 Å². The van der Waals surface area contributed by atoms with Gasteiger partial charge < -0.3 is 20.4 Å². The predicted molar refractivity (Wildman–Crippen MR) is 132 cm³/mol. The minimum Gasteiger partial charge on any atom is -0.357 e. The van der Waals surface area contributed by atoms with Gasteiger partial charge in [0.05, 0.1) is 0 Å². The van der Waals surface area contributed by atoms with Crippen molar-refractivity contribution in [2.24, 2.45) is 4.99 Å². The van der Waals surface area contributed by atoms with Gasteiger partial charge in [0.1, 0.15) is 0 Å². The van der Waals surface area contributed by atoms with E-state index in [1.807, 2.05) is 18.2 Å². The Bertz CT molecular complexity index is 561. The van der Waals surface area contributed by atoms with Gasteiger partial charge in [-0.2, -0.15) is 0 Å². The Kier molecular flexibility index (Phi) is 13.9. The van der Waals surface area contributed by atoms with E-state index < -0.39 is 0 Å². The Morgan fingerprint density at radius 1 is 1.07 bits per heavy atom. The molecule has 1 aromatic carbocycles.